The number of hydrogen-bond acceptors (Lipinski definition) is 4. The van der Waals surface area contributed by atoms with E-state index in [0.29, 0.717) is 28.0 Å². The van der Waals surface area contributed by atoms with Crippen molar-refractivity contribution in [2.24, 2.45) is 0 Å². The maximum atomic E-state index is 11.9. The first-order valence-corrected chi connectivity index (χ1v) is 7.27. The summed E-state index contributed by atoms with van der Waals surface area (Å²) in [6, 6.07) is 11.6. The minimum Gasteiger partial charge on any atom is -0.484 e. The van der Waals surface area contributed by atoms with Gasteiger partial charge in [0.05, 0.1) is 11.0 Å². The number of fused-ring (bicyclic) bond motifs is 1. The van der Waals surface area contributed by atoms with E-state index in [1.807, 2.05) is 0 Å². The molecule has 0 radical (unpaired) electrons. The summed E-state index contributed by atoms with van der Waals surface area (Å²) < 4.78 is 5.38. The third-order valence-corrected chi connectivity index (χ3v) is 3.43. The summed E-state index contributed by atoms with van der Waals surface area (Å²) >= 11 is 0. The largest absolute Gasteiger partial charge is 0.484 e. The Morgan fingerprint density at radius 3 is 2.46 bits per heavy atom. The molecular weight excluding hydrogens is 310 g/mol. The summed E-state index contributed by atoms with van der Waals surface area (Å²) in [4.78, 5) is 39.6. The number of carbonyl (C=O) groups is 2. The van der Waals surface area contributed by atoms with E-state index < -0.39 is 0 Å². The van der Waals surface area contributed by atoms with Crippen molar-refractivity contribution in [1.29, 1.82) is 0 Å². The van der Waals surface area contributed by atoms with Gasteiger partial charge < -0.3 is 20.0 Å². The number of anilines is 1. The van der Waals surface area contributed by atoms with Gasteiger partial charge in [0, 0.05) is 11.3 Å². The second kappa shape index (κ2) is 6.41. The molecule has 7 nitrogen and oxygen atoms in total. The normalized spacial score (nSPS) is 10.5. The van der Waals surface area contributed by atoms with Gasteiger partial charge in [-0.15, -0.1) is 0 Å². The molecule has 1 heterocycles. The van der Waals surface area contributed by atoms with Crippen molar-refractivity contribution in [2.75, 3.05) is 11.9 Å². The van der Waals surface area contributed by atoms with Gasteiger partial charge in [-0.05, 0) is 49.4 Å². The van der Waals surface area contributed by atoms with Crippen LogP contribution in [0.4, 0.5) is 5.69 Å². The van der Waals surface area contributed by atoms with E-state index in [0.717, 1.165) is 0 Å². The van der Waals surface area contributed by atoms with Crippen LogP contribution in [-0.2, 0) is 4.79 Å². The molecule has 0 saturated carbocycles. The van der Waals surface area contributed by atoms with Crippen molar-refractivity contribution < 1.29 is 14.3 Å². The summed E-state index contributed by atoms with van der Waals surface area (Å²) in [5, 5.41) is 2.69. The van der Waals surface area contributed by atoms with Crippen molar-refractivity contribution in [3.63, 3.8) is 0 Å². The predicted molar refractivity (Wildman–Crippen MR) is 89.5 cm³/mol. The summed E-state index contributed by atoms with van der Waals surface area (Å²) in [6.45, 7) is 1.32. The van der Waals surface area contributed by atoms with E-state index >= 15 is 0 Å². The molecule has 0 unspecified atom stereocenters. The van der Waals surface area contributed by atoms with Crippen LogP contribution in [0.25, 0.3) is 11.0 Å². The van der Waals surface area contributed by atoms with Crippen LogP contribution in [0, 0.1) is 0 Å². The maximum absolute atomic E-state index is 11.9. The number of Topliss-reactive ketones (excluding diaryl/α,β-unsaturated/α-hetero) is 1. The molecule has 24 heavy (non-hydrogen) atoms. The molecule has 2 aromatic carbocycles. The highest BCUT2D eigenvalue weighted by molar-refractivity contribution is 5.94. The fourth-order valence-corrected chi connectivity index (χ4v) is 2.24. The van der Waals surface area contributed by atoms with Gasteiger partial charge in [-0.2, -0.15) is 0 Å². The van der Waals surface area contributed by atoms with E-state index in [2.05, 4.69) is 15.3 Å². The third kappa shape index (κ3) is 3.52. The third-order valence-electron chi connectivity index (χ3n) is 3.43. The Hall–Kier alpha value is -3.35. The number of carbonyl (C=O) groups excluding carboxylic acids is 2. The maximum Gasteiger partial charge on any atom is 0.323 e. The fraction of sp³-hybridized carbons (Fsp3) is 0.118. The number of ketones is 1. The van der Waals surface area contributed by atoms with Gasteiger partial charge in [0.15, 0.2) is 12.4 Å². The van der Waals surface area contributed by atoms with E-state index in [4.69, 9.17) is 4.74 Å². The summed E-state index contributed by atoms with van der Waals surface area (Å²) in [5.74, 6) is 0.140. The van der Waals surface area contributed by atoms with Gasteiger partial charge in [-0.25, -0.2) is 4.79 Å². The Morgan fingerprint density at radius 2 is 1.75 bits per heavy atom. The van der Waals surface area contributed by atoms with E-state index in [-0.39, 0.29) is 24.0 Å². The fourth-order valence-electron chi connectivity index (χ4n) is 2.24. The Morgan fingerprint density at radius 1 is 1.04 bits per heavy atom. The minimum absolute atomic E-state index is 0.0301. The molecule has 3 rings (SSSR count). The first-order valence-electron chi connectivity index (χ1n) is 7.27. The number of imidazole rings is 1. The van der Waals surface area contributed by atoms with Crippen LogP contribution in [0.2, 0.25) is 0 Å². The molecule has 0 saturated heterocycles. The van der Waals surface area contributed by atoms with Crippen LogP contribution in [0.5, 0.6) is 5.75 Å². The van der Waals surface area contributed by atoms with Crippen LogP contribution in [0.3, 0.4) is 0 Å². The van der Waals surface area contributed by atoms with Crippen LogP contribution in [0.1, 0.15) is 17.3 Å². The number of aromatic amines is 2. The zero-order chi connectivity index (χ0) is 17.1. The molecule has 0 aliphatic heterocycles. The lowest BCUT2D eigenvalue weighted by molar-refractivity contribution is -0.118. The number of benzene rings is 2. The first-order chi connectivity index (χ1) is 11.5. The topological polar surface area (TPSA) is 104 Å². The molecule has 3 N–H and O–H groups in total. The molecule has 3 aromatic rings. The Balaban J connectivity index is 1.60. The molecule has 7 heteroatoms. The number of hydrogen-bond donors (Lipinski definition) is 3. The second-order valence-electron chi connectivity index (χ2n) is 5.26. The zero-order valence-corrected chi connectivity index (χ0v) is 12.9. The molecule has 0 bridgehead atoms. The van der Waals surface area contributed by atoms with E-state index in [1.54, 1.807) is 42.5 Å². The van der Waals surface area contributed by atoms with Crippen molar-refractivity contribution >= 4 is 28.4 Å². The smallest absolute Gasteiger partial charge is 0.323 e. The SMILES string of the molecule is CC(=O)c1ccc(OCC(=O)Nc2ccc3[nH]c(=O)[nH]c3c2)cc1. The quantitative estimate of drug-likeness (QED) is 0.625. The Kier molecular flexibility index (Phi) is 4.15. The summed E-state index contributed by atoms with van der Waals surface area (Å²) in [5.41, 5.74) is 2.11. The average Bonchev–Trinajstić information content (AvgIpc) is 2.92. The van der Waals surface area contributed by atoms with Gasteiger partial charge in [0.2, 0.25) is 0 Å². The number of rotatable bonds is 5. The minimum atomic E-state index is -0.331. The monoisotopic (exact) mass is 325 g/mol. The van der Waals surface area contributed by atoms with Gasteiger partial charge in [-0.1, -0.05) is 0 Å². The lowest BCUT2D eigenvalue weighted by atomic mass is 10.1. The van der Waals surface area contributed by atoms with Crippen LogP contribution >= 0.6 is 0 Å². The van der Waals surface area contributed by atoms with Crippen LogP contribution in [-0.4, -0.2) is 28.3 Å². The van der Waals surface area contributed by atoms with Gasteiger partial charge in [0.25, 0.3) is 5.91 Å². The van der Waals surface area contributed by atoms with Gasteiger partial charge in [0.1, 0.15) is 5.75 Å². The Bertz CT molecular complexity index is 954. The molecule has 0 aliphatic rings. The van der Waals surface area contributed by atoms with Crippen molar-refractivity contribution in [3.8, 4) is 5.75 Å². The molecular formula is C17H15N3O4. The number of aromatic nitrogens is 2. The zero-order valence-electron chi connectivity index (χ0n) is 12.9. The van der Waals surface area contributed by atoms with Gasteiger partial charge in [-0.3, -0.25) is 9.59 Å². The lowest BCUT2D eigenvalue weighted by Crippen LogP contribution is -2.20. The second-order valence-corrected chi connectivity index (χ2v) is 5.26. The lowest BCUT2D eigenvalue weighted by Gasteiger charge is -2.08. The molecule has 0 atom stereocenters. The average molecular weight is 325 g/mol. The van der Waals surface area contributed by atoms with Crippen molar-refractivity contribution in [3.05, 3.63) is 58.5 Å². The molecule has 0 spiro atoms. The van der Waals surface area contributed by atoms with Crippen LogP contribution < -0.4 is 15.7 Å². The van der Waals surface area contributed by atoms with Gasteiger partial charge >= 0.3 is 5.69 Å². The molecule has 122 valence electrons. The molecule has 0 fully saturated rings. The Labute approximate surface area is 136 Å². The van der Waals surface area contributed by atoms with Crippen LogP contribution in [0.15, 0.2) is 47.3 Å². The summed E-state index contributed by atoms with van der Waals surface area (Å²) in [7, 11) is 0. The highest BCUT2D eigenvalue weighted by Crippen LogP contribution is 2.15. The predicted octanol–water partition coefficient (Wildman–Crippen LogP) is 2.08. The van der Waals surface area contributed by atoms with E-state index in [9.17, 15) is 14.4 Å². The standard InChI is InChI=1S/C17H15N3O4/c1-10(21)11-2-5-13(6-3-11)24-9-16(22)18-12-4-7-14-15(8-12)20-17(23)19-14/h2-8H,9H2,1H3,(H,18,22)(H2,19,20,23). The number of H-pyrrole nitrogens is 2. The van der Waals surface area contributed by atoms with E-state index in [1.165, 1.54) is 6.92 Å². The number of nitrogens with one attached hydrogen (secondary N) is 3. The highest BCUT2D eigenvalue weighted by Gasteiger charge is 2.06. The number of ether oxygens (including phenoxy) is 1. The van der Waals surface area contributed by atoms with Crippen molar-refractivity contribution in [2.45, 2.75) is 6.92 Å². The molecule has 0 aliphatic carbocycles. The number of amides is 1. The first kappa shape index (κ1) is 15.5. The highest BCUT2D eigenvalue weighted by atomic mass is 16.5. The van der Waals surface area contributed by atoms with Crippen molar-refractivity contribution in [1.82, 2.24) is 9.97 Å². The summed E-state index contributed by atoms with van der Waals surface area (Å²) in [6.07, 6.45) is 0. The molecule has 1 aromatic heterocycles. The molecule has 1 amide bonds.